The number of para-hydroxylation sites is 1. The monoisotopic (exact) mass is 590 g/mol. The Morgan fingerprint density at radius 1 is 0.478 bits per heavy atom. The molecule has 1 aliphatic carbocycles. The van der Waals surface area contributed by atoms with Gasteiger partial charge in [0.05, 0.1) is 11.4 Å². The lowest BCUT2D eigenvalue weighted by atomic mass is 9.81. The Morgan fingerprint density at radius 2 is 1.15 bits per heavy atom. The van der Waals surface area contributed by atoms with Crippen LogP contribution in [0.15, 0.2) is 150 Å². The van der Waals surface area contributed by atoms with E-state index < -0.39 is 0 Å². The minimum Gasteiger partial charge on any atom is -0.456 e. The molecule has 0 saturated heterocycles. The van der Waals surface area contributed by atoms with E-state index in [1.165, 1.54) is 33.0 Å². The van der Waals surface area contributed by atoms with Gasteiger partial charge in [0.2, 0.25) is 0 Å². The summed E-state index contributed by atoms with van der Waals surface area (Å²) in [5.74, 6) is 1.54. The zero-order valence-corrected chi connectivity index (χ0v) is 25.7. The number of aromatic nitrogens is 2. The SMILES string of the molecule is CC1(C)c2cc3ccccc3cc2-c2c(-c3cc(-c4cccc(-c5cc6ccccc6o5)c4)nc(-c4ccccc4)n3)cccc21. The summed E-state index contributed by atoms with van der Waals surface area (Å²) in [6.07, 6.45) is 0. The number of furan rings is 1. The maximum atomic E-state index is 6.23. The third-order valence-electron chi connectivity index (χ3n) is 9.47. The van der Waals surface area contributed by atoms with Crippen LogP contribution >= 0.6 is 0 Å². The minimum atomic E-state index is -0.135. The highest BCUT2D eigenvalue weighted by molar-refractivity contribution is 5.98. The van der Waals surface area contributed by atoms with Crippen molar-refractivity contribution >= 4 is 21.7 Å². The molecular formula is C43H30N2O. The molecule has 0 aliphatic heterocycles. The summed E-state index contributed by atoms with van der Waals surface area (Å²) in [5.41, 5.74) is 11.9. The maximum absolute atomic E-state index is 6.23. The lowest BCUT2D eigenvalue weighted by Crippen LogP contribution is -2.14. The van der Waals surface area contributed by atoms with Crippen molar-refractivity contribution in [2.24, 2.45) is 0 Å². The van der Waals surface area contributed by atoms with Crippen molar-refractivity contribution in [3.05, 3.63) is 157 Å². The van der Waals surface area contributed by atoms with Crippen molar-refractivity contribution < 1.29 is 4.42 Å². The molecule has 0 bridgehead atoms. The zero-order valence-electron chi connectivity index (χ0n) is 25.7. The number of hydrogen-bond donors (Lipinski definition) is 0. The molecule has 0 amide bonds. The molecular weight excluding hydrogens is 560 g/mol. The second-order valence-electron chi connectivity index (χ2n) is 12.7. The molecule has 6 aromatic carbocycles. The predicted octanol–water partition coefficient (Wildman–Crippen LogP) is 11.4. The van der Waals surface area contributed by atoms with E-state index in [4.69, 9.17) is 14.4 Å². The summed E-state index contributed by atoms with van der Waals surface area (Å²) in [6.45, 7) is 4.67. The topological polar surface area (TPSA) is 38.9 Å². The molecule has 218 valence electrons. The average Bonchev–Trinajstić information content (AvgIpc) is 3.64. The number of rotatable bonds is 4. The lowest BCUT2D eigenvalue weighted by molar-refractivity contribution is 0.631. The molecule has 2 heterocycles. The molecule has 0 atom stereocenters. The summed E-state index contributed by atoms with van der Waals surface area (Å²) in [6, 6.07) is 51.1. The van der Waals surface area contributed by atoms with Gasteiger partial charge in [-0.05, 0) is 69.4 Å². The maximum Gasteiger partial charge on any atom is 0.160 e. The number of nitrogens with zero attached hydrogens (tertiary/aromatic N) is 2. The van der Waals surface area contributed by atoms with Crippen LogP contribution in [0.1, 0.15) is 25.0 Å². The minimum absolute atomic E-state index is 0.135. The van der Waals surface area contributed by atoms with Gasteiger partial charge in [-0.1, -0.05) is 123 Å². The summed E-state index contributed by atoms with van der Waals surface area (Å²) in [7, 11) is 0. The second kappa shape index (κ2) is 10.1. The van der Waals surface area contributed by atoms with E-state index in [-0.39, 0.29) is 5.41 Å². The molecule has 0 radical (unpaired) electrons. The first-order chi connectivity index (χ1) is 22.5. The molecule has 0 fully saturated rings. The van der Waals surface area contributed by atoms with E-state index >= 15 is 0 Å². The summed E-state index contributed by atoms with van der Waals surface area (Å²) in [4.78, 5) is 10.4. The van der Waals surface area contributed by atoms with Gasteiger partial charge in [-0.15, -0.1) is 0 Å². The molecule has 2 aromatic heterocycles. The van der Waals surface area contributed by atoms with Gasteiger partial charge in [0.25, 0.3) is 0 Å². The first kappa shape index (κ1) is 26.6. The van der Waals surface area contributed by atoms with Gasteiger partial charge in [-0.3, -0.25) is 0 Å². The predicted molar refractivity (Wildman–Crippen MR) is 189 cm³/mol. The van der Waals surface area contributed by atoms with Crippen LogP contribution in [0.3, 0.4) is 0 Å². The quantitative estimate of drug-likeness (QED) is 0.205. The van der Waals surface area contributed by atoms with Crippen molar-refractivity contribution in [1.29, 1.82) is 0 Å². The molecule has 0 spiro atoms. The van der Waals surface area contributed by atoms with Gasteiger partial charge in [0.1, 0.15) is 11.3 Å². The van der Waals surface area contributed by atoms with Crippen LogP contribution in [0.5, 0.6) is 0 Å². The van der Waals surface area contributed by atoms with E-state index in [0.717, 1.165) is 50.4 Å². The first-order valence-corrected chi connectivity index (χ1v) is 15.7. The second-order valence-corrected chi connectivity index (χ2v) is 12.7. The molecule has 1 aliphatic rings. The molecule has 0 unspecified atom stereocenters. The van der Waals surface area contributed by atoms with Gasteiger partial charge >= 0.3 is 0 Å². The molecule has 8 aromatic rings. The number of benzene rings is 6. The highest BCUT2D eigenvalue weighted by Crippen LogP contribution is 2.53. The third kappa shape index (κ3) is 4.20. The molecule has 46 heavy (non-hydrogen) atoms. The van der Waals surface area contributed by atoms with Crippen molar-refractivity contribution in [3.8, 4) is 56.4 Å². The van der Waals surface area contributed by atoms with Gasteiger partial charge < -0.3 is 4.42 Å². The lowest BCUT2D eigenvalue weighted by Gasteiger charge is -2.22. The fourth-order valence-corrected chi connectivity index (χ4v) is 7.09. The van der Waals surface area contributed by atoms with Gasteiger partial charge in [0.15, 0.2) is 5.82 Å². The van der Waals surface area contributed by atoms with E-state index in [1.807, 2.05) is 36.4 Å². The van der Waals surface area contributed by atoms with Gasteiger partial charge in [-0.2, -0.15) is 0 Å². The summed E-state index contributed by atoms with van der Waals surface area (Å²) < 4.78 is 6.23. The Bertz CT molecular complexity index is 2420. The number of hydrogen-bond acceptors (Lipinski definition) is 3. The molecule has 3 nitrogen and oxygen atoms in total. The number of fused-ring (bicyclic) bond motifs is 5. The Kier molecular flexibility index (Phi) is 5.85. The van der Waals surface area contributed by atoms with Crippen molar-refractivity contribution in [1.82, 2.24) is 9.97 Å². The van der Waals surface area contributed by atoms with Gasteiger partial charge in [-0.25, -0.2) is 9.97 Å². The van der Waals surface area contributed by atoms with Crippen molar-refractivity contribution in [3.63, 3.8) is 0 Å². The Balaban J connectivity index is 1.25. The highest BCUT2D eigenvalue weighted by atomic mass is 16.3. The molecule has 0 saturated carbocycles. The van der Waals surface area contributed by atoms with E-state index in [1.54, 1.807) is 0 Å². The zero-order chi connectivity index (χ0) is 30.8. The van der Waals surface area contributed by atoms with Crippen molar-refractivity contribution in [2.45, 2.75) is 19.3 Å². The van der Waals surface area contributed by atoms with E-state index in [9.17, 15) is 0 Å². The third-order valence-corrected chi connectivity index (χ3v) is 9.47. The Labute approximate surface area is 267 Å². The average molecular weight is 591 g/mol. The van der Waals surface area contributed by atoms with E-state index in [2.05, 4.69) is 123 Å². The Morgan fingerprint density at radius 3 is 1.98 bits per heavy atom. The normalized spacial score (nSPS) is 13.2. The molecule has 9 rings (SSSR count). The fraction of sp³-hybridized carbons (Fsp3) is 0.0698. The van der Waals surface area contributed by atoms with Crippen LogP contribution in [0.2, 0.25) is 0 Å². The summed E-state index contributed by atoms with van der Waals surface area (Å²) >= 11 is 0. The van der Waals surface area contributed by atoms with Crippen LogP contribution in [0, 0.1) is 0 Å². The van der Waals surface area contributed by atoms with Crippen LogP contribution in [-0.4, -0.2) is 9.97 Å². The molecule has 0 N–H and O–H groups in total. The highest BCUT2D eigenvalue weighted by Gasteiger charge is 2.37. The van der Waals surface area contributed by atoms with Crippen molar-refractivity contribution in [2.75, 3.05) is 0 Å². The smallest absolute Gasteiger partial charge is 0.160 e. The van der Waals surface area contributed by atoms with Gasteiger partial charge in [0, 0.05) is 33.1 Å². The fourth-order valence-electron chi connectivity index (χ4n) is 7.09. The summed E-state index contributed by atoms with van der Waals surface area (Å²) in [5, 5.41) is 3.60. The van der Waals surface area contributed by atoms with Crippen LogP contribution in [0.4, 0.5) is 0 Å². The molecule has 3 heteroatoms. The van der Waals surface area contributed by atoms with Crippen LogP contribution < -0.4 is 0 Å². The van der Waals surface area contributed by atoms with Crippen LogP contribution in [-0.2, 0) is 5.41 Å². The van der Waals surface area contributed by atoms with Crippen LogP contribution in [0.25, 0.3) is 78.1 Å². The first-order valence-electron chi connectivity index (χ1n) is 15.7. The Hall–Kier alpha value is -5.80. The van der Waals surface area contributed by atoms with E-state index in [0.29, 0.717) is 5.82 Å². The largest absolute Gasteiger partial charge is 0.456 e. The standard InChI is InChI=1S/C43H30N2O/c1-43(2)35-20-11-19-33(41(35)34-23-28-14-6-7-15-29(28)24-36(34)43)38-26-37(44-42(45-38)27-12-4-3-5-13-27)30-17-10-18-31(22-30)40-25-32-16-8-9-21-39(32)46-40/h3-26H,1-2H3.